The van der Waals surface area contributed by atoms with Gasteiger partial charge in [0.2, 0.25) is 6.33 Å². The van der Waals surface area contributed by atoms with Crippen LogP contribution in [0.1, 0.15) is 11.1 Å². The van der Waals surface area contributed by atoms with Crippen molar-refractivity contribution in [2.45, 2.75) is 26.9 Å². The van der Waals surface area contributed by atoms with E-state index in [4.69, 9.17) is 4.98 Å². The van der Waals surface area contributed by atoms with E-state index in [9.17, 15) is 0 Å². The van der Waals surface area contributed by atoms with Gasteiger partial charge in [-0.05, 0) is 84.6 Å². The second kappa shape index (κ2) is 10.7. The van der Waals surface area contributed by atoms with Crippen molar-refractivity contribution in [3.8, 4) is 22.6 Å². The van der Waals surface area contributed by atoms with E-state index >= 15 is 0 Å². The molecular weight excluding hydrogens is 577 g/mol. The third-order valence-electron chi connectivity index (χ3n) is 9.80. The Morgan fingerprint density at radius 1 is 0.630 bits per heavy atom. The largest absolute Gasteiger partial charge is 0.294 e. The number of aromatic nitrogens is 4. The molecule has 5 aromatic carbocycles. The monoisotopic (exact) mass is 613 g/mol. The molecule has 46 heavy (non-hydrogen) atoms. The molecule has 5 heteroatoms. The predicted octanol–water partition coefficient (Wildman–Crippen LogP) is 8.05. The Morgan fingerprint density at radius 2 is 1.33 bits per heavy atom. The van der Waals surface area contributed by atoms with Gasteiger partial charge in [-0.15, -0.1) is 0 Å². The highest BCUT2D eigenvalue weighted by molar-refractivity contribution is 7.00. The number of pyridine rings is 1. The van der Waals surface area contributed by atoms with Gasteiger partial charge in [0, 0.05) is 17.0 Å². The predicted molar refractivity (Wildman–Crippen MR) is 195 cm³/mol. The second-order valence-electron chi connectivity index (χ2n) is 13.0. The lowest BCUT2D eigenvalue weighted by molar-refractivity contribution is -0.645. The number of imidazole rings is 1. The Morgan fingerprint density at radius 3 is 2.15 bits per heavy atom. The first-order valence-corrected chi connectivity index (χ1v) is 18.9. The van der Waals surface area contributed by atoms with Crippen LogP contribution >= 0.6 is 0 Å². The van der Waals surface area contributed by atoms with Crippen LogP contribution in [0, 0.1) is 13.8 Å². The van der Waals surface area contributed by atoms with Crippen molar-refractivity contribution in [2.24, 2.45) is 7.05 Å². The Labute approximate surface area is 270 Å². The van der Waals surface area contributed by atoms with Crippen molar-refractivity contribution < 1.29 is 4.57 Å². The van der Waals surface area contributed by atoms with Gasteiger partial charge in [-0.1, -0.05) is 96.3 Å². The Hall–Kier alpha value is -5.26. The van der Waals surface area contributed by atoms with Crippen LogP contribution < -0.4 is 14.9 Å². The van der Waals surface area contributed by atoms with Crippen molar-refractivity contribution in [1.29, 1.82) is 0 Å². The maximum atomic E-state index is 4.96. The van der Waals surface area contributed by atoms with Gasteiger partial charge in [0.25, 0.3) is 0 Å². The molecule has 0 saturated carbocycles. The average Bonchev–Trinajstić information content (AvgIpc) is 3.59. The van der Waals surface area contributed by atoms with Gasteiger partial charge in [0.1, 0.15) is 19.6 Å². The maximum absolute atomic E-state index is 4.96. The van der Waals surface area contributed by atoms with Crippen molar-refractivity contribution in [1.82, 2.24) is 14.1 Å². The van der Waals surface area contributed by atoms with E-state index in [1.165, 1.54) is 71.2 Å². The Bertz CT molecular complexity index is 2430. The molecule has 0 N–H and O–H groups in total. The first-order chi connectivity index (χ1) is 22.3. The zero-order chi connectivity index (χ0) is 31.6. The van der Waals surface area contributed by atoms with Gasteiger partial charge >= 0.3 is 0 Å². The summed E-state index contributed by atoms with van der Waals surface area (Å²) in [5.41, 5.74) is 11.0. The topological polar surface area (TPSA) is 26.6 Å². The fraction of sp³-hybridized carbons (Fsp3) is 0.122. The number of benzene rings is 5. The number of fused-ring (bicyclic) bond motifs is 4. The number of hydrogen-bond donors (Lipinski definition) is 0. The zero-order valence-corrected chi connectivity index (χ0v) is 28.0. The van der Waals surface area contributed by atoms with Crippen molar-refractivity contribution >= 4 is 51.3 Å². The fourth-order valence-electron chi connectivity index (χ4n) is 7.25. The van der Waals surface area contributed by atoms with E-state index in [0.717, 1.165) is 5.82 Å². The summed E-state index contributed by atoms with van der Waals surface area (Å²) in [6, 6.07) is 44.5. The van der Waals surface area contributed by atoms with Crippen LogP contribution in [0.15, 0.2) is 134 Å². The highest BCUT2D eigenvalue weighted by Crippen LogP contribution is 2.34. The quantitative estimate of drug-likeness (QED) is 0.143. The van der Waals surface area contributed by atoms with Crippen LogP contribution in [0.4, 0.5) is 0 Å². The minimum atomic E-state index is -2.10. The van der Waals surface area contributed by atoms with Crippen LogP contribution in [0.3, 0.4) is 0 Å². The number of rotatable bonds is 5. The van der Waals surface area contributed by atoms with Gasteiger partial charge in [-0.3, -0.25) is 4.57 Å². The molecule has 224 valence electrons. The minimum absolute atomic E-state index is 0.942. The molecule has 0 unspecified atom stereocenters. The van der Waals surface area contributed by atoms with Crippen LogP contribution in [0.5, 0.6) is 0 Å². The van der Waals surface area contributed by atoms with E-state index in [0.29, 0.717) is 0 Å². The SMILES string of the molecule is Cc1cccc(C)c1-c1ccnc(-n2c3ccccc3c3ccc([Si](C)(C)c4cccc(-n5c[n+](C)c6ccccc65)c4)cc32)c1. The summed E-state index contributed by atoms with van der Waals surface area (Å²) in [4.78, 5) is 4.96. The van der Waals surface area contributed by atoms with E-state index in [1.807, 2.05) is 6.20 Å². The number of para-hydroxylation sites is 3. The van der Waals surface area contributed by atoms with Crippen LogP contribution in [0.25, 0.3) is 55.5 Å². The van der Waals surface area contributed by atoms with Gasteiger partial charge in [-0.2, -0.15) is 4.57 Å². The van der Waals surface area contributed by atoms with Gasteiger partial charge in [-0.25, -0.2) is 9.55 Å². The molecule has 0 aliphatic rings. The summed E-state index contributed by atoms with van der Waals surface area (Å²) in [6.45, 7) is 9.31. The molecule has 0 aliphatic carbocycles. The highest BCUT2D eigenvalue weighted by Gasteiger charge is 2.29. The summed E-state index contributed by atoms with van der Waals surface area (Å²) < 4.78 is 6.86. The molecule has 0 fully saturated rings. The summed E-state index contributed by atoms with van der Waals surface area (Å²) in [6.07, 6.45) is 4.14. The first kappa shape index (κ1) is 28.2. The molecule has 0 radical (unpaired) electrons. The summed E-state index contributed by atoms with van der Waals surface area (Å²) >= 11 is 0. The lowest BCUT2D eigenvalue weighted by Gasteiger charge is -2.24. The standard InChI is InChI=1S/C41H37N4Si/c1-28-12-10-13-29(2)41(28)30-22-23-42-40(24-30)45-36-17-7-6-16-34(36)35-21-20-33(26-39(35)45)46(4,5)32-15-11-14-31(25-32)44-27-43(3)37-18-8-9-19-38(37)44/h6-27H,1-5H3/q+1. The first-order valence-electron chi connectivity index (χ1n) is 15.9. The molecule has 8 rings (SSSR count). The van der Waals surface area contributed by atoms with E-state index in [-0.39, 0.29) is 0 Å². The average molecular weight is 614 g/mol. The van der Waals surface area contributed by atoms with Crippen LogP contribution in [0.2, 0.25) is 13.1 Å². The van der Waals surface area contributed by atoms with E-state index in [2.05, 4.69) is 175 Å². The van der Waals surface area contributed by atoms with Crippen molar-refractivity contribution in [3.63, 3.8) is 0 Å². The summed E-state index contributed by atoms with van der Waals surface area (Å²) in [7, 11) is 0.0106. The Balaban J connectivity index is 1.29. The number of nitrogens with zero attached hydrogens (tertiary/aromatic N) is 4. The fourth-order valence-corrected chi connectivity index (χ4v) is 9.61. The summed E-state index contributed by atoms with van der Waals surface area (Å²) in [5.74, 6) is 0.942. The minimum Gasteiger partial charge on any atom is -0.294 e. The lowest BCUT2D eigenvalue weighted by Crippen LogP contribution is -2.52. The van der Waals surface area contributed by atoms with Crippen molar-refractivity contribution in [2.75, 3.05) is 0 Å². The maximum Gasteiger partial charge on any atom is 0.249 e. The molecule has 8 aromatic rings. The normalized spacial score (nSPS) is 12.0. The van der Waals surface area contributed by atoms with E-state index in [1.54, 1.807) is 0 Å². The molecule has 0 aliphatic heterocycles. The van der Waals surface area contributed by atoms with Crippen molar-refractivity contribution in [3.05, 3.63) is 145 Å². The molecule has 0 amide bonds. The molecule has 0 bridgehead atoms. The third kappa shape index (κ3) is 4.42. The van der Waals surface area contributed by atoms with Gasteiger partial charge < -0.3 is 0 Å². The molecular formula is C41H37N4Si+. The number of hydrogen-bond acceptors (Lipinski definition) is 1. The molecule has 0 atom stereocenters. The second-order valence-corrected chi connectivity index (χ2v) is 17.4. The van der Waals surface area contributed by atoms with Gasteiger partial charge in [0.05, 0.1) is 18.1 Å². The smallest absolute Gasteiger partial charge is 0.249 e. The third-order valence-corrected chi connectivity index (χ3v) is 13.3. The van der Waals surface area contributed by atoms with Gasteiger partial charge in [0.15, 0.2) is 11.0 Å². The zero-order valence-electron chi connectivity index (χ0n) is 27.0. The number of aryl methyl sites for hydroxylation is 3. The molecule has 0 spiro atoms. The Kier molecular flexibility index (Phi) is 6.55. The van der Waals surface area contributed by atoms with E-state index < -0.39 is 8.07 Å². The van der Waals surface area contributed by atoms with Crippen LogP contribution in [-0.2, 0) is 7.05 Å². The summed E-state index contributed by atoms with van der Waals surface area (Å²) in [5, 5.41) is 5.30. The molecule has 4 nitrogen and oxygen atoms in total. The van der Waals surface area contributed by atoms with Crippen LogP contribution in [-0.4, -0.2) is 22.2 Å². The molecule has 0 saturated heterocycles. The molecule has 3 heterocycles. The molecule has 3 aromatic heterocycles. The lowest BCUT2D eigenvalue weighted by atomic mass is 9.96. The highest BCUT2D eigenvalue weighted by atomic mass is 28.3.